The number of nitrogens with zero attached hydrogens (tertiary/aromatic N) is 3. The number of allylic oxidation sites excluding steroid dienone is 1. The Morgan fingerprint density at radius 2 is 1.85 bits per heavy atom. The minimum Gasteiger partial charge on any atom is -0.497 e. The van der Waals surface area contributed by atoms with Crippen molar-refractivity contribution in [3.05, 3.63) is 46.1 Å². The zero-order valence-corrected chi connectivity index (χ0v) is 24.7. The van der Waals surface area contributed by atoms with Crippen LogP contribution in [-0.2, 0) is 23.9 Å². The Balaban J connectivity index is 1.64. The van der Waals surface area contributed by atoms with Gasteiger partial charge in [0, 0.05) is 24.4 Å². The molecule has 11 heteroatoms. The highest BCUT2D eigenvalue weighted by Gasteiger charge is 2.43. The Morgan fingerprint density at radius 1 is 1.12 bits per heavy atom. The van der Waals surface area contributed by atoms with Gasteiger partial charge in [0.05, 0.1) is 56.6 Å². The van der Waals surface area contributed by atoms with Crippen LogP contribution in [0.4, 0.5) is 0 Å². The predicted molar refractivity (Wildman–Crippen MR) is 152 cm³/mol. The lowest BCUT2D eigenvalue weighted by atomic mass is 9.92. The van der Waals surface area contributed by atoms with E-state index < -0.39 is 12.0 Å². The van der Waals surface area contributed by atoms with Gasteiger partial charge >= 0.3 is 11.9 Å². The zero-order chi connectivity index (χ0) is 29.0. The van der Waals surface area contributed by atoms with E-state index in [4.69, 9.17) is 23.9 Å². The number of carbonyl (C=O) groups is 3. The molecule has 1 aromatic rings. The quantitative estimate of drug-likeness (QED) is 0.398. The van der Waals surface area contributed by atoms with Crippen LogP contribution in [0.2, 0.25) is 0 Å². The number of ether oxygens (including phenoxy) is 4. The summed E-state index contributed by atoms with van der Waals surface area (Å²) in [6.07, 6.45) is 0.940. The molecular weight excluding hydrogens is 534 g/mol. The standard InChI is InChI=1S/C29H37N3O7S/c1-7-38-27(34)19-10-12-31(13-11-19)24(33)14-20-16-40-29-30-18(4)25(28(35)39-17(2)3)26(32(20)29)22-15-21(36-5)8-9-23(22)37-6/h8-9,15-17,19,26H,7,10-14H2,1-6H3/t26-/m1/s1. The van der Waals surface area contributed by atoms with E-state index in [1.807, 2.05) is 16.4 Å². The van der Waals surface area contributed by atoms with Gasteiger partial charge in [-0.15, -0.1) is 0 Å². The fourth-order valence-electron chi connectivity index (χ4n) is 5.15. The highest BCUT2D eigenvalue weighted by molar-refractivity contribution is 8.16. The SMILES string of the molecule is CCOC(=O)C1CCN(C(=O)CC2=CSC3=NC(C)=C(C(=O)OC(C)C)[C@@H](c4cc(OC)ccc4OC)N23)CC1. The average Bonchev–Trinajstić information content (AvgIpc) is 3.33. The molecule has 3 aliphatic rings. The number of rotatable bonds is 9. The minimum atomic E-state index is -0.646. The molecule has 1 atom stereocenters. The summed E-state index contributed by atoms with van der Waals surface area (Å²) in [4.78, 5) is 47.5. The van der Waals surface area contributed by atoms with Gasteiger partial charge < -0.3 is 28.7 Å². The molecule has 1 saturated heterocycles. The molecule has 0 aromatic heterocycles. The molecule has 0 spiro atoms. The molecule has 0 aliphatic carbocycles. The number of thioether (sulfide) groups is 1. The van der Waals surface area contributed by atoms with Gasteiger partial charge in [-0.1, -0.05) is 11.8 Å². The molecule has 0 radical (unpaired) electrons. The smallest absolute Gasteiger partial charge is 0.338 e. The first-order valence-electron chi connectivity index (χ1n) is 13.5. The first-order valence-corrected chi connectivity index (χ1v) is 14.4. The fraction of sp³-hybridized carbons (Fsp3) is 0.517. The van der Waals surface area contributed by atoms with Crippen LogP contribution < -0.4 is 9.47 Å². The summed E-state index contributed by atoms with van der Waals surface area (Å²) in [7, 11) is 3.15. The van der Waals surface area contributed by atoms with Gasteiger partial charge in [0.2, 0.25) is 5.91 Å². The summed E-state index contributed by atoms with van der Waals surface area (Å²) in [6.45, 7) is 8.51. The van der Waals surface area contributed by atoms with Crippen LogP contribution in [0.3, 0.4) is 0 Å². The van der Waals surface area contributed by atoms with Gasteiger partial charge in [0.15, 0.2) is 5.17 Å². The third-order valence-corrected chi connectivity index (χ3v) is 7.98. The Kier molecular flexibility index (Phi) is 9.44. The van der Waals surface area contributed by atoms with Gasteiger partial charge in [-0.25, -0.2) is 9.79 Å². The maximum absolute atomic E-state index is 13.5. The van der Waals surface area contributed by atoms with E-state index in [9.17, 15) is 14.4 Å². The number of carbonyl (C=O) groups excluding carboxylic acids is 3. The summed E-state index contributed by atoms with van der Waals surface area (Å²) < 4.78 is 22.0. The van der Waals surface area contributed by atoms with Crippen molar-refractivity contribution in [3.8, 4) is 11.5 Å². The van der Waals surface area contributed by atoms with Crippen molar-refractivity contribution >= 4 is 34.8 Å². The molecule has 4 rings (SSSR count). The molecule has 1 amide bonds. The number of likely N-dealkylation sites (tertiary alicyclic amines) is 1. The van der Waals surface area contributed by atoms with Crippen molar-refractivity contribution in [3.63, 3.8) is 0 Å². The number of amides is 1. The topological polar surface area (TPSA) is 107 Å². The van der Waals surface area contributed by atoms with Crippen LogP contribution in [-0.4, -0.2) is 72.8 Å². The second kappa shape index (κ2) is 12.8. The van der Waals surface area contributed by atoms with E-state index in [1.54, 1.807) is 58.9 Å². The minimum absolute atomic E-state index is 0.0515. The van der Waals surface area contributed by atoms with E-state index in [1.165, 1.54) is 11.8 Å². The molecule has 0 unspecified atom stereocenters. The summed E-state index contributed by atoms with van der Waals surface area (Å²) in [6, 6.07) is 4.78. The average molecular weight is 572 g/mol. The van der Waals surface area contributed by atoms with Gasteiger partial charge in [-0.3, -0.25) is 9.59 Å². The number of hydrogen-bond acceptors (Lipinski definition) is 10. The molecule has 40 heavy (non-hydrogen) atoms. The van der Waals surface area contributed by atoms with Crippen LogP contribution in [0.15, 0.2) is 45.6 Å². The van der Waals surface area contributed by atoms with E-state index in [0.29, 0.717) is 66.0 Å². The summed E-state index contributed by atoms with van der Waals surface area (Å²) in [5.74, 6) is 0.263. The highest BCUT2D eigenvalue weighted by atomic mass is 32.2. The van der Waals surface area contributed by atoms with Gasteiger partial charge in [-0.2, -0.15) is 0 Å². The number of benzene rings is 1. The molecule has 0 bridgehead atoms. The number of methoxy groups -OCH3 is 2. The van der Waals surface area contributed by atoms with Gasteiger partial charge in [0.25, 0.3) is 0 Å². The Bertz CT molecular complexity index is 1250. The van der Waals surface area contributed by atoms with Crippen molar-refractivity contribution in [1.82, 2.24) is 9.80 Å². The fourth-order valence-corrected chi connectivity index (χ4v) is 6.11. The molecule has 3 aliphatic heterocycles. The molecule has 10 nitrogen and oxygen atoms in total. The normalized spacial score (nSPS) is 19.2. The number of amidine groups is 1. The molecular formula is C29H37N3O7S. The second-order valence-corrected chi connectivity index (χ2v) is 10.9. The maximum atomic E-state index is 13.5. The van der Waals surface area contributed by atoms with Crippen molar-refractivity contribution in [2.75, 3.05) is 33.9 Å². The molecule has 1 fully saturated rings. The third kappa shape index (κ3) is 6.14. The Morgan fingerprint density at radius 3 is 2.48 bits per heavy atom. The monoisotopic (exact) mass is 571 g/mol. The number of aliphatic imine (C=N–C) groups is 1. The highest BCUT2D eigenvalue weighted by Crippen LogP contribution is 2.48. The lowest BCUT2D eigenvalue weighted by Crippen LogP contribution is -2.42. The Labute approximate surface area is 239 Å². The number of fused-ring (bicyclic) bond motifs is 1. The van der Waals surface area contributed by atoms with E-state index in [-0.39, 0.29) is 30.3 Å². The number of piperidine rings is 1. The van der Waals surface area contributed by atoms with Crippen LogP contribution in [0.5, 0.6) is 11.5 Å². The van der Waals surface area contributed by atoms with Crippen LogP contribution in [0.25, 0.3) is 0 Å². The molecule has 3 heterocycles. The number of hydrogen-bond donors (Lipinski definition) is 0. The summed E-state index contributed by atoms with van der Waals surface area (Å²) in [5, 5.41) is 2.57. The van der Waals surface area contributed by atoms with Crippen molar-refractivity contribution in [1.29, 1.82) is 0 Å². The second-order valence-electron chi connectivity index (χ2n) is 10.0. The van der Waals surface area contributed by atoms with Crippen LogP contribution in [0.1, 0.15) is 58.6 Å². The van der Waals surface area contributed by atoms with Gasteiger partial charge in [-0.05, 0) is 64.1 Å². The molecule has 0 N–H and O–H groups in total. The first-order chi connectivity index (χ1) is 19.2. The van der Waals surface area contributed by atoms with Gasteiger partial charge in [0.1, 0.15) is 11.5 Å². The van der Waals surface area contributed by atoms with Crippen LogP contribution >= 0.6 is 11.8 Å². The maximum Gasteiger partial charge on any atom is 0.338 e. The van der Waals surface area contributed by atoms with E-state index in [0.717, 1.165) is 5.70 Å². The first kappa shape index (κ1) is 29.5. The Hall–Kier alpha value is -3.47. The summed E-state index contributed by atoms with van der Waals surface area (Å²) >= 11 is 1.41. The number of esters is 2. The lowest BCUT2D eigenvalue weighted by molar-refractivity contribution is -0.151. The largest absolute Gasteiger partial charge is 0.497 e. The van der Waals surface area contributed by atoms with E-state index in [2.05, 4.69) is 0 Å². The zero-order valence-electron chi connectivity index (χ0n) is 23.9. The predicted octanol–water partition coefficient (Wildman–Crippen LogP) is 4.42. The summed E-state index contributed by atoms with van der Waals surface area (Å²) in [5.41, 5.74) is 2.33. The molecule has 1 aromatic carbocycles. The van der Waals surface area contributed by atoms with Crippen molar-refractivity contribution < 1.29 is 33.3 Å². The van der Waals surface area contributed by atoms with Crippen LogP contribution in [0, 0.1) is 5.92 Å². The molecule has 216 valence electrons. The van der Waals surface area contributed by atoms with Crippen molar-refractivity contribution in [2.45, 2.75) is 59.1 Å². The van der Waals surface area contributed by atoms with E-state index >= 15 is 0 Å². The van der Waals surface area contributed by atoms with Crippen molar-refractivity contribution in [2.24, 2.45) is 10.9 Å². The lowest BCUT2D eigenvalue weighted by Gasteiger charge is -2.38. The third-order valence-electron chi connectivity index (χ3n) is 7.09. The molecule has 0 saturated carbocycles.